The molecule has 0 aliphatic heterocycles. The lowest BCUT2D eigenvalue weighted by Crippen LogP contribution is -2.32. The van der Waals surface area contributed by atoms with E-state index in [1.54, 1.807) is 6.92 Å². The van der Waals surface area contributed by atoms with Crippen molar-refractivity contribution in [2.45, 2.75) is 13.1 Å². The highest BCUT2D eigenvalue weighted by atomic mass is 19.4. The number of nitrogens with zero attached hydrogens (tertiary/aromatic N) is 1. The molecule has 0 bridgehead atoms. The fourth-order valence-corrected chi connectivity index (χ4v) is 2.36. The summed E-state index contributed by atoms with van der Waals surface area (Å²) >= 11 is 0. The first kappa shape index (κ1) is 18.5. The molecule has 0 saturated heterocycles. The first-order chi connectivity index (χ1) is 11.8. The molecule has 0 heterocycles. The molecule has 0 saturated carbocycles. The number of anilines is 1. The molecule has 2 N–H and O–H groups in total. The van der Waals surface area contributed by atoms with Gasteiger partial charge in [0.05, 0.1) is 11.1 Å². The maximum atomic E-state index is 13.1. The largest absolute Gasteiger partial charge is 0.417 e. The van der Waals surface area contributed by atoms with Crippen LogP contribution in [0.25, 0.3) is 0 Å². The van der Waals surface area contributed by atoms with Crippen molar-refractivity contribution in [2.75, 3.05) is 11.4 Å². The lowest BCUT2D eigenvalue weighted by Gasteiger charge is -2.23. The molecule has 2 amide bonds. The van der Waals surface area contributed by atoms with Gasteiger partial charge in [-0.15, -0.1) is 0 Å². The average molecular weight is 352 g/mol. The van der Waals surface area contributed by atoms with Crippen LogP contribution in [0.1, 0.15) is 33.2 Å². The van der Waals surface area contributed by atoms with Crippen LogP contribution in [0.5, 0.6) is 0 Å². The number of rotatable bonds is 4. The van der Waals surface area contributed by atoms with E-state index in [2.05, 4.69) is 0 Å². The van der Waals surface area contributed by atoms with Crippen LogP contribution in [-0.2, 0) is 6.18 Å². The number of hydroxylamine groups is 1. The minimum absolute atomic E-state index is 0.135. The van der Waals surface area contributed by atoms with E-state index in [9.17, 15) is 22.8 Å². The molecule has 25 heavy (non-hydrogen) atoms. The Balaban J connectivity index is 2.39. The van der Waals surface area contributed by atoms with Gasteiger partial charge in [-0.25, -0.2) is 5.48 Å². The van der Waals surface area contributed by atoms with Crippen molar-refractivity contribution in [1.29, 1.82) is 0 Å². The van der Waals surface area contributed by atoms with E-state index in [1.165, 1.54) is 46.8 Å². The summed E-state index contributed by atoms with van der Waals surface area (Å²) in [5.41, 5.74) is 0.494. The number of alkyl halides is 3. The molecule has 0 spiro atoms. The first-order valence-electron chi connectivity index (χ1n) is 7.32. The van der Waals surface area contributed by atoms with Gasteiger partial charge in [0.25, 0.3) is 11.8 Å². The molecule has 0 radical (unpaired) electrons. The summed E-state index contributed by atoms with van der Waals surface area (Å²) in [6, 6.07) is 10.1. The third-order valence-electron chi connectivity index (χ3n) is 3.57. The van der Waals surface area contributed by atoms with Crippen LogP contribution in [-0.4, -0.2) is 23.6 Å². The molecule has 0 fully saturated rings. The van der Waals surface area contributed by atoms with Crippen LogP contribution in [0.2, 0.25) is 0 Å². The van der Waals surface area contributed by atoms with Crippen molar-refractivity contribution >= 4 is 17.5 Å². The van der Waals surface area contributed by atoms with E-state index in [4.69, 9.17) is 5.21 Å². The van der Waals surface area contributed by atoms with E-state index in [0.29, 0.717) is 5.69 Å². The highest BCUT2D eigenvalue weighted by Crippen LogP contribution is 2.33. The predicted octanol–water partition coefficient (Wildman–Crippen LogP) is 3.49. The predicted molar refractivity (Wildman–Crippen MR) is 84.5 cm³/mol. The molecule has 0 aliphatic rings. The van der Waals surface area contributed by atoms with E-state index in [0.717, 1.165) is 12.1 Å². The van der Waals surface area contributed by atoms with Crippen LogP contribution in [0.4, 0.5) is 18.9 Å². The topological polar surface area (TPSA) is 69.6 Å². The second-order valence-corrected chi connectivity index (χ2v) is 5.08. The van der Waals surface area contributed by atoms with Gasteiger partial charge in [-0.1, -0.05) is 12.1 Å². The van der Waals surface area contributed by atoms with Crippen molar-refractivity contribution in [3.05, 3.63) is 65.2 Å². The summed E-state index contributed by atoms with van der Waals surface area (Å²) in [4.78, 5) is 25.1. The number of hydrogen-bond acceptors (Lipinski definition) is 3. The molecule has 0 atom stereocenters. The van der Waals surface area contributed by atoms with Crippen molar-refractivity contribution in [2.24, 2.45) is 0 Å². The molecule has 2 aromatic rings. The smallest absolute Gasteiger partial charge is 0.309 e. The van der Waals surface area contributed by atoms with Crippen LogP contribution >= 0.6 is 0 Å². The zero-order chi connectivity index (χ0) is 18.6. The average Bonchev–Trinajstić information content (AvgIpc) is 2.61. The molecule has 0 aliphatic carbocycles. The third kappa shape index (κ3) is 3.97. The van der Waals surface area contributed by atoms with Crippen molar-refractivity contribution < 1.29 is 28.0 Å². The molecule has 2 aromatic carbocycles. The van der Waals surface area contributed by atoms with Gasteiger partial charge in [-0.05, 0) is 43.3 Å². The summed E-state index contributed by atoms with van der Waals surface area (Å²) in [7, 11) is 0. The molecular weight excluding hydrogens is 337 g/mol. The quantitative estimate of drug-likeness (QED) is 0.654. The summed E-state index contributed by atoms with van der Waals surface area (Å²) in [6.07, 6.45) is -4.64. The SMILES string of the molecule is CCN(C(=O)c1ccccc1C(F)(F)F)c1ccc(C(=O)NO)cc1. The van der Waals surface area contributed by atoms with E-state index in [-0.39, 0.29) is 12.1 Å². The van der Waals surface area contributed by atoms with Gasteiger partial charge in [0.2, 0.25) is 0 Å². The van der Waals surface area contributed by atoms with Crippen LogP contribution < -0.4 is 10.4 Å². The molecule has 2 rings (SSSR count). The van der Waals surface area contributed by atoms with E-state index < -0.39 is 29.1 Å². The second-order valence-electron chi connectivity index (χ2n) is 5.08. The van der Waals surface area contributed by atoms with Gasteiger partial charge < -0.3 is 4.90 Å². The van der Waals surface area contributed by atoms with Crippen LogP contribution in [0, 0.1) is 0 Å². The maximum absolute atomic E-state index is 13.1. The maximum Gasteiger partial charge on any atom is 0.417 e. The summed E-state index contributed by atoms with van der Waals surface area (Å²) in [5.74, 6) is -1.53. The minimum Gasteiger partial charge on any atom is -0.309 e. The molecular formula is C17H15F3N2O3. The standard InChI is InChI=1S/C17H15F3N2O3/c1-2-22(12-9-7-11(8-10-12)15(23)21-25)16(24)13-5-3-4-6-14(13)17(18,19)20/h3-10,25H,2H2,1H3,(H,21,23). The zero-order valence-corrected chi connectivity index (χ0v) is 13.2. The summed E-state index contributed by atoms with van der Waals surface area (Å²) in [5, 5.41) is 8.59. The number of benzene rings is 2. The number of carbonyl (C=O) groups excluding carboxylic acids is 2. The van der Waals surface area contributed by atoms with Gasteiger partial charge >= 0.3 is 6.18 Å². The normalized spacial score (nSPS) is 11.1. The van der Waals surface area contributed by atoms with Crippen LogP contribution in [0.15, 0.2) is 48.5 Å². The van der Waals surface area contributed by atoms with Gasteiger partial charge in [0.15, 0.2) is 0 Å². The fraction of sp³-hybridized carbons (Fsp3) is 0.176. The number of amides is 2. The Morgan fingerprint density at radius 1 is 1.08 bits per heavy atom. The Morgan fingerprint density at radius 2 is 1.68 bits per heavy atom. The monoisotopic (exact) mass is 352 g/mol. The Bertz CT molecular complexity index is 773. The molecule has 0 aromatic heterocycles. The number of hydrogen-bond donors (Lipinski definition) is 2. The number of carbonyl (C=O) groups is 2. The molecule has 132 valence electrons. The number of halogens is 3. The fourth-order valence-electron chi connectivity index (χ4n) is 2.36. The van der Waals surface area contributed by atoms with Gasteiger partial charge in [-0.2, -0.15) is 13.2 Å². The third-order valence-corrected chi connectivity index (χ3v) is 3.57. The molecule has 8 heteroatoms. The number of nitrogens with one attached hydrogen (secondary N) is 1. The Kier molecular flexibility index (Phi) is 5.43. The van der Waals surface area contributed by atoms with Crippen molar-refractivity contribution in [3.8, 4) is 0 Å². The zero-order valence-electron chi connectivity index (χ0n) is 13.2. The Labute approximate surface area is 141 Å². The van der Waals surface area contributed by atoms with Crippen molar-refractivity contribution in [1.82, 2.24) is 5.48 Å². The molecule has 0 unspecified atom stereocenters. The van der Waals surface area contributed by atoms with Gasteiger partial charge in [0.1, 0.15) is 0 Å². The lowest BCUT2D eigenvalue weighted by atomic mass is 10.1. The van der Waals surface area contributed by atoms with Crippen LogP contribution in [0.3, 0.4) is 0 Å². The van der Waals surface area contributed by atoms with E-state index in [1.807, 2.05) is 0 Å². The van der Waals surface area contributed by atoms with Gasteiger partial charge in [-0.3, -0.25) is 14.8 Å². The van der Waals surface area contributed by atoms with Crippen molar-refractivity contribution in [3.63, 3.8) is 0 Å². The van der Waals surface area contributed by atoms with E-state index >= 15 is 0 Å². The van der Waals surface area contributed by atoms with Gasteiger partial charge in [0, 0.05) is 17.8 Å². The second kappa shape index (κ2) is 7.35. The highest BCUT2D eigenvalue weighted by molar-refractivity contribution is 6.07. The lowest BCUT2D eigenvalue weighted by molar-refractivity contribution is -0.137. The Morgan fingerprint density at radius 3 is 2.20 bits per heavy atom. The summed E-state index contributed by atoms with van der Waals surface area (Å²) in [6.45, 7) is 1.76. The highest BCUT2D eigenvalue weighted by Gasteiger charge is 2.35. The molecule has 5 nitrogen and oxygen atoms in total. The Hall–Kier alpha value is -2.87. The minimum atomic E-state index is -4.64. The summed E-state index contributed by atoms with van der Waals surface area (Å²) < 4.78 is 39.4. The first-order valence-corrected chi connectivity index (χ1v) is 7.32.